The quantitative estimate of drug-likeness (QED) is 0.714. The van der Waals surface area contributed by atoms with Gasteiger partial charge in [0.1, 0.15) is 6.10 Å². The number of methoxy groups -OCH3 is 1. The van der Waals surface area contributed by atoms with E-state index >= 15 is 0 Å². The zero-order valence-corrected chi connectivity index (χ0v) is 12.3. The van der Waals surface area contributed by atoms with Crippen LogP contribution in [0.3, 0.4) is 0 Å². The number of carbonyl (C=O) groups excluding carboxylic acids is 3. The smallest absolute Gasteiger partial charge is 0.230 e. The average Bonchev–Trinajstić information content (AvgIpc) is 2.72. The van der Waals surface area contributed by atoms with E-state index in [-0.39, 0.29) is 42.3 Å². The Balaban J connectivity index is 2.30. The van der Waals surface area contributed by atoms with Crippen molar-refractivity contribution < 1.29 is 23.9 Å². The minimum absolute atomic E-state index is 0.0615. The highest BCUT2D eigenvalue weighted by Gasteiger charge is 2.50. The van der Waals surface area contributed by atoms with Gasteiger partial charge in [-0.05, 0) is 18.8 Å². The van der Waals surface area contributed by atoms with Crippen LogP contribution in [0.15, 0.2) is 0 Å². The zero-order chi connectivity index (χ0) is 15.0. The van der Waals surface area contributed by atoms with Crippen molar-refractivity contribution in [2.45, 2.75) is 52.0 Å². The van der Waals surface area contributed by atoms with E-state index in [1.165, 1.54) is 18.9 Å². The molecule has 2 rings (SSSR count). The van der Waals surface area contributed by atoms with Crippen LogP contribution in [0.2, 0.25) is 0 Å². The van der Waals surface area contributed by atoms with Crippen molar-refractivity contribution in [2.75, 3.05) is 7.11 Å². The largest absolute Gasteiger partial charge is 0.354 e. The summed E-state index contributed by atoms with van der Waals surface area (Å²) in [5, 5.41) is 0. The Hall–Kier alpha value is -1.27. The molecule has 20 heavy (non-hydrogen) atoms. The second-order valence-corrected chi connectivity index (χ2v) is 5.64. The van der Waals surface area contributed by atoms with Crippen LogP contribution in [0.4, 0.5) is 0 Å². The van der Waals surface area contributed by atoms with Gasteiger partial charge in [-0.25, -0.2) is 0 Å². The van der Waals surface area contributed by atoms with Gasteiger partial charge < -0.3 is 9.47 Å². The van der Waals surface area contributed by atoms with Crippen LogP contribution in [-0.4, -0.2) is 48.0 Å². The molecular formula is C14H21NO5. The normalized spacial score (nSPS) is 38.4. The molecule has 112 valence electrons. The van der Waals surface area contributed by atoms with Gasteiger partial charge in [-0.15, -0.1) is 0 Å². The molecule has 0 radical (unpaired) electrons. The molecule has 0 aliphatic carbocycles. The Labute approximate surface area is 118 Å². The SMILES string of the molecule is COC1OC(C(C)=O)C(C)C(C)C1N1C(=O)CCC1=O. The molecule has 0 aromatic rings. The highest BCUT2D eigenvalue weighted by Crippen LogP contribution is 2.36. The lowest BCUT2D eigenvalue weighted by Gasteiger charge is -2.46. The number of amides is 2. The third kappa shape index (κ3) is 2.38. The minimum atomic E-state index is -0.749. The molecule has 0 N–H and O–H groups in total. The van der Waals surface area contributed by atoms with Crippen LogP contribution < -0.4 is 0 Å². The van der Waals surface area contributed by atoms with Crippen molar-refractivity contribution in [3.8, 4) is 0 Å². The second kappa shape index (κ2) is 5.61. The van der Waals surface area contributed by atoms with Gasteiger partial charge in [-0.1, -0.05) is 13.8 Å². The second-order valence-electron chi connectivity index (χ2n) is 5.64. The molecule has 2 heterocycles. The monoisotopic (exact) mass is 283 g/mol. The molecule has 2 saturated heterocycles. The topological polar surface area (TPSA) is 72.9 Å². The van der Waals surface area contributed by atoms with E-state index in [1.807, 2.05) is 13.8 Å². The molecule has 2 aliphatic heterocycles. The summed E-state index contributed by atoms with van der Waals surface area (Å²) in [7, 11) is 1.46. The predicted molar refractivity (Wildman–Crippen MR) is 69.6 cm³/mol. The van der Waals surface area contributed by atoms with E-state index in [0.29, 0.717) is 0 Å². The van der Waals surface area contributed by atoms with Gasteiger partial charge in [-0.3, -0.25) is 19.3 Å². The molecule has 0 bridgehead atoms. The van der Waals surface area contributed by atoms with Crippen LogP contribution in [0.5, 0.6) is 0 Å². The summed E-state index contributed by atoms with van der Waals surface area (Å²) in [5.74, 6) is -0.584. The van der Waals surface area contributed by atoms with E-state index in [9.17, 15) is 14.4 Å². The third-order valence-corrected chi connectivity index (χ3v) is 4.43. The van der Waals surface area contributed by atoms with Crippen molar-refractivity contribution >= 4 is 17.6 Å². The molecule has 2 aliphatic rings. The fraction of sp³-hybridized carbons (Fsp3) is 0.786. The number of rotatable bonds is 3. The lowest BCUT2D eigenvalue weighted by Crippen LogP contribution is -2.60. The van der Waals surface area contributed by atoms with Crippen LogP contribution in [0, 0.1) is 11.8 Å². The first-order valence-corrected chi connectivity index (χ1v) is 6.92. The van der Waals surface area contributed by atoms with Crippen molar-refractivity contribution in [2.24, 2.45) is 11.8 Å². The molecule has 0 aromatic heterocycles. The summed E-state index contributed by atoms with van der Waals surface area (Å²) in [4.78, 5) is 36.8. The van der Waals surface area contributed by atoms with E-state index < -0.39 is 18.4 Å². The maximum absolute atomic E-state index is 11.9. The Morgan fingerprint density at radius 2 is 1.75 bits per heavy atom. The van der Waals surface area contributed by atoms with Gasteiger partial charge in [0.15, 0.2) is 12.1 Å². The number of ketones is 1. The molecule has 5 unspecified atom stereocenters. The molecule has 6 nitrogen and oxygen atoms in total. The molecule has 0 spiro atoms. The van der Waals surface area contributed by atoms with Crippen molar-refractivity contribution in [1.82, 2.24) is 4.90 Å². The van der Waals surface area contributed by atoms with E-state index in [0.717, 1.165) is 0 Å². The third-order valence-electron chi connectivity index (χ3n) is 4.43. The van der Waals surface area contributed by atoms with Crippen molar-refractivity contribution in [1.29, 1.82) is 0 Å². The molecule has 2 amide bonds. The first kappa shape index (κ1) is 15.1. The Morgan fingerprint density at radius 3 is 2.20 bits per heavy atom. The first-order chi connectivity index (χ1) is 9.38. The molecule has 2 fully saturated rings. The minimum Gasteiger partial charge on any atom is -0.354 e. The van der Waals surface area contributed by atoms with Gasteiger partial charge in [0, 0.05) is 20.0 Å². The molecule has 5 atom stereocenters. The van der Waals surface area contributed by atoms with Crippen LogP contribution >= 0.6 is 0 Å². The van der Waals surface area contributed by atoms with E-state index in [2.05, 4.69) is 0 Å². The number of carbonyl (C=O) groups is 3. The van der Waals surface area contributed by atoms with Crippen molar-refractivity contribution in [3.63, 3.8) is 0 Å². The first-order valence-electron chi connectivity index (χ1n) is 6.92. The van der Waals surface area contributed by atoms with Gasteiger partial charge in [0.2, 0.25) is 11.8 Å². The van der Waals surface area contributed by atoms with E-state index in [4.69, 9.17) is 9.47 Å². The maximum Gasteiger partial charge on any atom is 0.230 e. The Kier molecular flexibility index (Phi) is 4.25. The fourth-order valence-corrected chi connectivity index (χ4v) is 3.13. The van der Waals surface area contributed by atoms with Crippen molar-refractivity contribution in [3.05, 3.63) is 0 Å². The summed E-state index contributed by atoms with van der Waals surface area (Å²) in [6.45, 7) is 5.31. The summed E-state index contributed by atoms with van der Waals surface area (Å²) >= 11 is 0. The number of imide groups is 1. The standard InChI is InChI=1S/C14H21NO5/c1-7-8(2)13(9(3)16)20-14(19-4)12(7)15-10(17)5-6-11(15)18/h7-8,12-14H,5-6H2,1-4H3. The average molecular weight is 283 g/mol. The Bertz CT molecular complexity index is 417. The van der Waals surface area contributed by atoms with Crippen LogP contribution in [0.1, 0.15) is 33.6 Å². The van der Waals surface area contributed by atoms with Gasteiger partial charge in [0.25, 0.3) is 0 Å². The highest BCUT2D eigenvalue weighted by atomic mass is 16.7. The number of likely N-dealkylation sites (tertiary alicyclic amines) is 1. The van der Waals surface area contributed by atoms with E-state index in [1.54, 1.807) is 0 Å². The summed E-state index contributed by atoms with van der Waals surface area (Å²) in [6.07, 6.45) is -0.827. The van der Waals surface area contributed by atoms with Gasteiger partial charge in [0.05, 0.1) is 6.04 Å². The number of nitrogens with zero attached hydrogens (tertiary/aromatic N) is 1. The van der Waals surface area contributed by atoms with Crippen LogP contribution in [-0.2, 0) is 23.9 Å². The fourth-order valence-electron chi connectivity index (χ4n) is 3.13. The predicted octanol–water partition coefficient (Wildman–Crippen LogP) is 0.736. The maximum atomic E-state index is 11.9. The summed E-state index contributed by atoms with van der Waals surface area (Å²) < 4.78 is 11.0. The van der Waals surface area contributed by atoms with Gasteiger partial charge in [-0.2, -0.15) is 0 Å². The number of hydrogen-bond donors (Lipinski definition) is 0. The number of ether oxygens (including phenoxy) is 2. The molecular weight excluding hydrogens is 262 g/mol. The van der Waals surface area contributed by atoms with Crippen LogP contribution in [0.25, 0.3) is 0 Å². The molecule has 0 saturated carbocycles. The molecule has 0 aromatic carbocycles. The zero-order valence-electron chi connectivity index (χ0n) is 12.3. The lowest BCUT2D eigenvalue weighted by molar-refractivity contribution is -0.237. The number of Topliss-reactive ketones (excluding diaryl/α,β-unsaturated/α-hetero) is 1. The summed E-state index contributed by atoms with van der Waals surface area (Å²) in [6, 6.07) is -0.465. The highest BCUT2D eigenvalue weighted by molar-refractivity contribution is 6.02. The number of hydrogen-bond acceptors (Lipinski definition) is 5. The summed E-state index contributed by atoms with van der Waals surface area (Å²) in [5.41, 5.74) is 0. The van der Waals surface area contributed by atoms with Gasteiger partial charge >= 0.3 is 0 Å². The Morgan fingerprint density at radius 1 is 1.20 bits per heavy atom. The molecule has 6 heteroatoms. The lowest BCUT2D eigenvalue weighted by atomic mass is 9.80.